The number of nitrogens with zero attached hydrogens (tertiary/aromatic N) is 2. The summed E-state index contributed by atoms with van der Waals surface area (Å²) in [5.74, 6) is -0.864. The Kier molecular flexibility index (Phi) is 5.93. The van der Waals surface area contributed by atoms with Crippen molar-refractivity contribution in [2.75, 3.05) is 11.9 Å². The number of carboxylic acid groups (broad SMARTS) is 1. The molecule has 0 aliphatic rings. The SMILES string of the molecule is N#Cc1cc(F)c(N[C@@H](CNC(=O)O)Cc2ccccc2)nc1Cl. The van der Waals surface area contributed by atoms with Gasteiger partial charge in [-0.15, -0.1) is 0 Å². The van der Waals surface area contributed by atoms with Crippen LogP contribution in [0.25, 0.3) is 0 Å². The Morgan fingerprint density at radius 3 is 2.75 bits per heavy atom. The first kappa shape index (κ1) is 17.5. The van der Waals surface area contributed by atoms with Gasteiger partial charge in [-0.05, 0) is 18.1 Å². The molecular weight excluding hydrogens is 335 g/mol. The number of pyridine rings is 1. The van der Waals surface area contributed by atoms with Crippen molar-refractivity contribution in [2.45, 2.75) is 12.5 Å². The maximum atomic E-state index is 14.0. The first-order chi connectivity index (χ1) is 11.5. The Labute approximate surface area is 142 Å². The van der Waals surface area contributed by atoms with Crippen molar-refractivity contribution in [3.63, 3.8) is 0 Å². The number of rotatable bonds is 6. The lowest BCUT2D eigenvalue weighted by Crippen LogP contribution is -2.37. The molecule has 0 spiro atoms. The van der Waals surface area contributed by atoms with E-state index in [4.69, 9.17) is 22.0 Å². The second kappa shape index (κ2) is 8.13. The van der Waals surface area contributed by atoms with Gasteiger partial charge in [-0.25, -0.2) is 14.2 Å². The summed E-state index contributed by atoms with van der Waals surface area (Å²) >= 11 is 5.82. The van der Waals surface area contributed by atoms with Gasteiger partial charge >= 0.3 is 6.09 Å². The molecule has 0 aliphatic carbocycles. The van der Waals surface area contributed by atoms with Gasteiger partial charge < -0.3 is 15.7 Å². The molecule has 1 atom stereocenters. The van der Waals surface area contributed by atoms with Crippen LogP contribution >= 0.6 is 11.6 Å². The number of nitriles is 1. The van der Waals surface area contributed by atoms with Crippen molar-refractivity contribution < 1.29 is 14.3 Å². The quantitative estimate of drug-likeness (QED) is 0.697. The summed E-state index contributed by atoms with van der Waals surface area (Å²) < 4.78 is 14.0. The molecule has 6 nitrogen and oxygen atoms in total. The normalized spacial score (nSPS) is 11.4. The van der Waals surface area contributed by atoms with Crippen LogP contribution in [-0.2, 0) is 6.42 Å². The van der Waals surface area contributed by atoms with Crippen molar-refractivity contribution in [2.24, 2.45) is 0 Å². The van der Waals surface area contributed by atoms with Gasteiger partial charge in [0.15, 0.2) is 11.6 Å². The van der Waals surface area contributed by atoms with Gasteiger partial charge in [0, 0.05) is 12.6 Å². The maximum absolute atomic E-state index is 14.0. The first-order valence-corrected chi connectivity index (χ1v) is 7.40. The van der Waals surface area contributed by atoms with Crippen LogP contribution in [0, 0.1) is 17.1 Å². The minimum atomic E-state index is -1.18. The number of carbonyl (C=O) groups is 1. The number of hydrogen-bond acceptors (Lipinski definition) is 4. The minimum Gasteiger partial charge on any atom is -0.465 e. The average Bonchev–Trinajstić information content (AvgIpc) is 2.56. The molecule has 1 aromatic carbocycles. The number of anilines is 1. The minimum absolute atomic E-state index is 0.0446. The molecule has 2 rings (SSSR count). The van der Waals surface area contributed by atoms with Crippen LogP contribution in [0.4, 0.5) is 15.0 Å². The monoisotopic (exact) mass is 348 g/mol. The van der Waals surface area contributed by atoms with E-state index in [1.54, 1.807) is 6.07 Å². The molecular formula is C16H14ClFN4O2. The van der Waals surface area contributed by atoms with Crippen molar-refractivity contribution in [1.82, 2.24) is 10.3 Å². The zero-order chi connectivity index (χ0) is 17.5. The average molecular weight is 349 g/mol. The van der Waals surface area contributed by atoms with E-state index in [1.165, 1.54) is 0 Å². The van der Waals surface area contributed by atoms with Crippen LogP contribution in [0.15, 0.2) is 36.4 Å². The molecule has 0 bridgehead atoms. The largest absolute Gasteiger partial charge is 0.465 e. The van der Waals surface area contributed by atoms with E-state index in [-0.39, 0.29) is 23.1 Å². The van der Waals surface area contributed by atoms with Crippen molar-refractivity contribution in [1.29, 1.82) is 5.26 Å². The third-order valence-corrected chi connectivity index (χ3v) is 3.50. The van der Waals surface area contributed by atoms with Crippen LogP contribution in [0.5, 0.6) is 0 Å². The smallest absolute Gasteiger partial charge is 0.404 e. The molecule has 0 aliphatic heterocycles. The number of benzene rings is 1. The molecule has 0 saturated carbocycles. The second-order valence-corrected chi connectivity index (χ2v) is 5.34. The Hall–Kier alpha value is -2.85. The van der Waals surface area contributed by atoms with Crippen LogP contribution in [0.2, 0.25) is 5.15 Å². The van der Waals surface area contributed by atoms with Crippen molar-refractivity contribution >= 4 is 23.5 Å². The summed E-state index contributed by atoms with van der Waals surface area (Å²) in [6.07, 6.45) is -0.735. The Balaban J connectivity index is 2.20. The predicted molar refractivity (Wildman–Crippen MR) is 87.5 cm³/mol. The van der Waals surface area contributed by atoms with Gasteiger partial charge in [0.2, 0.25) is 0 Å². The van der Waals surface area contributed by atoms with E-state index in [1.807, 2.05) is 30.3 Å². The van der Waals surface area contributed by atoms with Gasteiger partial charge in [-0.1, -0.05) is 41.9 Å². The van der Waals surface area contributed by atoms with Gasteiger partial charge in [-0.2, -0.15) is 5.26 Å². The molecule has 0 unspecified atom stereocenters. The summed E-state index contributed by atoms with van der Waals surface area (Å²) in [7, 11) is 0. The standard InChI is InChI=1S/C16H14ClFN4O2/c17-14-11(8-19)7-13(18)15(22-14)21-12(9-20-16(23)24)6-10-4-2-1-3-5-10/h1-5,7,12,20H,6,9H2,(H,21,22)(H,23,24)/t12-/m1/s1. The highest BCUT2D eigenvalue weighted by atomic mass is 35.5. The highest BCUT2D eigenvalue weighted by Gasteiger charge is 2.16. The molecule has 0 fully saturated rings. The van der Waals surface area contributed by atoms with Gasteiger partial charge in [-0.3, -0.25) is 0 Å². The molecule has 0 radical (unpaired) electrons. The molecule has 2 aromatic rings. The van der Waals surface area contributed by atoms with Crippen LogP contribution in [0.1, 0.15) is 11.1 Å². The number of hydrogen-bond donors (Lipinski definition) is 3. The van der Waals surface area contributed by atoms with Crippen LogP contribution in [0.3, 0.4) is 0 Å². The van der Waals surface area contributed by atoms with Gasteiger partial charge in [0.1, 0.15) is 11.2 Å². The van der Waals surface area contributed by atoms with Crippen LogP contribution in [-0.4, -0.2) is 28.8 Å². The zero-order valence-electron chi connectivity index (χ0n) is 12.5. The molecule has 3 N–H and O–H groups in total. The highest BCUT2D eigenvalue weighted by Crippen LogP contribution is 2.20. The van der Waals surface area contributed by atoms with E-state index in [0.29, 0.717) is 6.42 Å². The molecule has 24 heavy (non-hydrogen) atoms. The summed E-state index contributed by atoms with van der Waals surface area (Å²) in [6.45, 7) is 0.0446. The third-order valence-electron chi connectivity index (χ3n) is 3.22. The van der Waals surface area contributed by atoms with Gasteiger partial charge in [0.25, 0.3) is 0 Å². The van der Waals surface area contributed by atoms with Crippen LogP contribution < -0.4 is 10.6 Å². The molecule has 1 aromatic heterocycles. The lowest BCUT2D eigenvalue weighted by molar-refractivity contribution is 0.194. The third kappa shape index (κ3) is 4.83. The summed E-state index contributed by atoms with van der Waals surface area (Å²) in [5, 5.41) is 22.6. The lowest BCUT2D eigenvalue weighted by atomic mass is 10.1. The topological polar surface area (TPSA) is 98.0 Å². The summed E-state index contributed by atoms with van der Waals surface area (Å²) in [6, 6.07) is 11.6. The molecule has 1 heterocycles. The second-order valence-electron chi connectivity index (χ2n) is 4.99. The molecule has 1 amide bonds. The van der Waals surface area contributed by atoms with Gasteiger partial charge in [0.05, 0.1) is 5.56 Å². The number of halogens is 2. The zero-order valence-corrected chi connectivity index (χ0v) is 13.2. The maximum Gasteiger partial charge on any atom is 0.404 e. The number of nitrogens with one attached hydrogen (secondary N) is 2. The van der Waals surface area contributed by atoms with Crippen molar-refractivity contribution in [3.05, 3.63) is 58.5 Å². The van der Waals surface area contributed by atoms with Crippen molar-refractivity contribution in [3.8, 4) is 6.07 Å². The Morgan fingerprint density at radius 1 is 1.42 bits per heavy atom. The van der Waals surface area contributed by atoms with E-state index >= 15 is 0 Å². The first-order valence-electron chi connectivity index (χ1n) is 7.03. The number of amides is 1. The van der Waals surface area contributed by atoms with E-state index < -0.39 is 18.0 Å². The fourth-order valence-corrected chi connectivity index (χ4v) is 2.30. The molecule has 0 saturated heterocycles. The number of aromatic nitrogens is 1. The highest BCUT2D eigenvalue weighted by molar-refractivity contribution is 6.30. The Bertz CT molecular complexity index is 765. The lowest BCUT2D eigenvalue weighted by Gasteiger charge is -2.20. The van der Waals surface area contributed by atoms with E-state index in [9.17, 15) is 9.18 Å². The fourth-order valence-electron chi connectivity index (χ4n) is 2.12. The fraction of sp³-hybridized carbons (Fsp3) is 0.188. The van der Waals surface area contributed by atoms with E-state index in [2.05, 4.69) is 15.6 Å². The predicted octanol–water partition coefficient (Wildman–Crippen LogP) is 3.04. The molecule has 124 valence electrons. The summed E-state index contributed by atoms with van der Waals surface area (Å²) in [4.78, 5) is 14.6. The Morgan fingerprint density at radius 2 is 2.12 bits per heavy atom. The van der Waals surface area contributed by atoms with E-state index in [0.717, 1.165) is 11.6 Å². The molecule has 8 heteroatoms. The summed E-state index contributed by atoms with van der Waals surface area (Å²) in [5.41, 5.74) is 0.880.